The minimum atomic E-state index is 1.01. The number of rotatable bonds is 4. The van der Waals surface area contributed by atoms with Crippen LogP contribution in [0.2, 0.25) is 0 Å². The second-order valence-electron chi connectivity index (χ2n) is 2.05. The van der Waals surface area contributed by atoms with Gasteiger partial charge in [-0.05, 0) is 12.7 Å². The van der Waals surface area contributed by atoms with Crippen molar-refractivity contribution in [1.82, 2.24) is 0 Å². The lowest BCUT2D eigenvalue weighted by Crippen LogP contribution is -1.72. The van der Waals surface area contributed by atoms with Gasteiger partial charge in [0, 0.05) is 18.6 Å². The van der Waals surface area contributed by atoms with Crippen LogP contribution < -0.4 is 0 Å². The van der Waals surface area contributed by atoms with Crippen molar-refractivity contribution >= 4 is 11.8 Å². The second kappa shape index (κ2) is 8.91. The van der Waals surface area contributed by atoms with Crippen molar-refractivity contribution in [2.75, 3.05) is 12.0 Å². The van der Waals surface area contributed by atoms with Gasteiger partial charge in [-0.25, -0.2) is 0 Å². The molecule has 0 unspecified atom stereocenters. The largest absolute Gasteiger partial charge is 0.164 e. The zero-order valence-corrected chi connectivity index (χ0v) is 7.47. The maximum Gasteiger partial charge on any atom is 0.0179 e. The molecule has 1 heteroatoms. The minimum absolute atomic E-state index is 1.01. The average molecular weight is 155 g/mol. The molecule has 0 aliphatic rings. The predicted octanol–water partition coefficient (Wildman–Crippen LogP) is 2.75. The maximum atomic E-state index is 3.75. The van der Waals surface area contributed by atoms with Crippen LogP contribution in [0.25, 0.3) is 0 Å². The standard InChI is InChI=1S/C9H15S/c1-3-4-5-6-7-8-9-10-2/h1,3-5,8-9H2,2H3. The number of thioether (sulfide) groups is 1. The van der Waals surface area contributed by atoms with Gasteiger partial charge in [0.15, 0.2) is 0 Å². The van der Waals surface area contributed by atoms with E-state index in [0.717, 1.165) is 31.4 Å². The Morgan fingerprint density at radius 3 is 2.60 bits per heavy atom. The third-order valence-corrected chi connectivity index (χ3v) is 1.72. The molecule has 0 heterocycles. The zero-order valence-electron chi connectivity index (χ0n) is 6.65. The fourth-order valence-corrected chi connectivity index (χ4v) is 0.849. The summed E-state index contributed by atoms with van der Waals surface area (Å²) in [4.78, 5) is 0. The molecule has 0 spiro atoms. The fraction of sp³-hybridized carbons (Fsp3) is 0.667. The van der Waals surface area contributed by atoms with E-state index in [0.29, 0.717) is 0 Å². The SMILES string of the molecule is [CH2]CCCC#CCCSC. The Balaban J connectivity index is 2.98. The molecule has 0 rings (SSSR count). The summed E-state index contributed by atoms with van der Waals surface area (Å²) in [5.41, 5.74) is 0. The molecule has 57 valence electrons. The van der Waals surface area contributed by atoms with E-state index in [-0.39, 0.29) is 0 Å². The monoisotopic (exact) mass is 155 g/mol. The zero-order chi connectivity index (χ0) is 7.66. The van der Waals surface area contributed by atoms with Crippen LogP contribution in [-0.2, 0) is 0 Å². The molecule has 0 aliphatic carbocycles. The first-order valence-corrected chi connectivity index (χ1v) is 5.05. The Labute approximate surface area is 68.8 Å². The van der Waals surface area contributed by atoms with E-state index in [4.69, 9.17) is 0 Å². The highest BCUT2D eigenvalue weighted by molar-refractivity contribution is 7.98. The average Bonchev–Trinajstić information content (AvgIpc) is 1.97. The van der Waals surface area contributed by atoms with Crippen LogP contribution in [0.5, 0.6) is 0 Å². The van der Waals surface area contributed by atoms with Gasteiger partial charge in [0.2, 0.25) is 0 Å². The van der Waals surface area contributed by atoms with E-state index in [9.17, 15) is 0 Å². The van der Waals surface area contributed by atoms with Crippen molar-refractivity contribution in [2.24, 2.45) is 0 Å². The topological polar surface area (TPSA) is 0 Å². The number of unbranched alkanes of at least 4 members (excludes halogenated alkanes) is 2. The van der Waals surface area contributed by atoms with E-state index in [1.54, 1.807) is 0 Å². The van der Waals surface area contributed by atoms with Gasteiger partial charge in [-0.1, -0.05) is 13.3 Å². The highest BCUT2D eigenvalue weighted by atomic mass is 32.2. The Kier molecular flexibility index (Phi) is 8.83. The smallest absolute Gasteiger partial charge is 0.0179 e. The minimum Gasteiger partial charge on any atom is -0.164 e. The van der Waals surface area contributed by atoms with Crippen molar-refractivity contribution in [3.05, 3.63) is 6.92 Å². The summed E-state index contributed by atoms with van der Waals surface area (Å²) in [5, 5.41) is 0. The fourth-order valence-electron chi connectivity index (χ4n) is 0.543. The first kappa shape index (κ1) is 9.91. The molecule has 0 aromatic carbocycles. The van der Waals surface area contributed by atoms with Crippen molar-refractivity contribution in [2.45, 2.75) is 25.7 Å². The lowest BCUT2D eigenvalue weighted by atomic mass is 10.2. The van der Waals surface area contributed by atoms with Gasteiger partial charge >= 0.3 is 0 Å². The Bertz CT molecular complexity index is 95.6. The molecule has 0 aromatic heterocycles. The van der Waals surface area contributed by atoms with E-state index in [1.807, 2.05) is 11.8 Å². The van der Waals surface area contributed by atoms with Gasteiger partial charge < -0.3 is 0 Å². The van der Waals surface area contributed by atoms with Crippen LogP contribution in [-0.4, -0.2) is 12.0 Å². The van der Waals surface area contributed by atoms with Crippen LogP contribution >= 0.6 is 11.8 Å². The van der Waals surface area contributed by atoms with Gasteiger partial charge in [0.05, 0.1) is 0 Å². The summed E-state index contributed by atoms with van der Waals surface area (Å²) in [7, 11) is 0. The molecule has 0 aromatic rings. The second-order valence-corrected chi connectivity index (χ2v) is 3.04. The molecule has 1 radical (unpaired) electrons. The summed E-state index contributed by atoms with van der Waals surface area (Å²) in [6.45, 7) is 3.75. The summed E-state index contributed by atoms with van der Waals surface area (Å²) in [5.74, 6) is 7.40. The predicted molar refractivity (Wildman–Crippen MR) is 50.0 cm³/mol. The Morgan fingerprint density at radius 1 is 1.30 bits per heavy atom. The van der Waals surface area contributed by atoms with Crippen molar-refractivity contribution in [3.63, 3.8) is 0 Å². The Morgan fingerprint density at radius 2 is 2.00 bits per heavy atom. The third kappa shape index (κ3) is 7.91. The van der Waals surface area contributed by atoms with E-state index >= 15 is 0 Å². The summed E-state index contributed by atoms with van der Waals surface area (Å²) >= 11 is 1.85. The summed E-state index contributed by atoms with van der Waals surface area (Å²) < 4.78 is 0. The number of hydrogen-bond donors (Lipinski definition) is 0. The molecule has 0 nitrogen and oxygen atoms in total. The molecule has 0 fully saturated rings. The quantitative estimate of drug-likeness (QED) is 0.444. The van der Waals surface area contributed by atoms with E-state index in [2.05, 4.69) is 25.0 Å². The lowest BCUT2D eigenvalue weighted by molar-refractivity contribution is 0.882. The first-order chi connectivity index (χ1) is 4.91. The molecular weight excluding hydrogens is 140 g/mol. The summed E-state index contributed by atoms with van der Waals surface area (Å²) in [6.07, 6.45) is 6.33. The van der Waals surface area contributed by atoms with Gasteiger partial charge in [-0.2, -0.15) is 11.8 Å². The van der Waals surface area contributed by atoms with Gasteiger partial charge in [-0.3, -0.25) is 0 Å². The van der Waals surface area contributed by atoms with Crippen LogP contribution in [0.4, 0.5) is 0 Å². The van der Waals surface area contributed by atoms with E-state index < -0.39 is 0 Å². The normalized spacial score (nSPS) is 8.60. The summed E-state index contributed by atoms with van der Waals surface area (Å²) in [6, 6.07) is 0. The first-order valence-electron chi connectivity index (χ1n) is 3.65. The van der Waals surface area contributed by atoms with Crippen LogP contribution in [0.3, 0.4) is 0 Å². The number of hydrogen-bond acceptors (Lipinski definition) is 1. The molecular formula is C9H15S. The van der Waals surface area contributed by atoms with Crippen molar-refractivity contribution < 1.29 is 0 Å². The molecule has 0 amide bonds. The molecule has 10 heavy (non-hydrogen) atoms. The molecule has 0 saturated carbocycles. The molecule has 0 saturated heterocycles. The van der Waals surface area contributed by atoms with Crippen molar-refractivity contribution in [3.8, 4) is 11.8 Å². The molecule has 0 atom stereocenters. The van der Waals surface area contributed by atoms with Crippen LogP contribution in [0, 0.1) is 18.8 Å². The molecule has 0 aliphatic heterocycles. The van der Waals surface area contributed by atoms with Gasteiger partial charge in [0.1, 0.15) is 0 Å². The Hall–Kier alpha value is -0.0900. The maximum absolute atomic E-state index is 3.75. The molecule has 0 bridgehead atoms. The lowest BCUT2D eigenvalue weighted by Gasteiger charge is -1.85. The van der Waals surface area contributed by atoms with Gasteiger partial charge in [0.25, 0.3) is 0 Å². The molecule has 0 N–H and O–H groups in total. The van der Waals surface area contributed by atoms with Gasteiger partial charge in [-0.15, -0.1) is 11.8 Å². The van der Waals surface area contributed by atoms with Crippen LogP contribution in [0.1, 0.15) is 25.7 Å². The highest BCUT2D eigenvalue weighted by Gasteiger charge is 1.77. The van der Waals surface area contributed by atoms with Crippen molar-refractivity contribution in [1.29, 1.82) is 0 Å². The third-order valence-electron chi connectivity index (χ3n) is 1.11. The van der Waals surface area contributed by atoms with Crippen LogP contribution in [0.15, 0.2) is 0 Å². The van der Waals surface area contributed by atoms with E-state index in [1.165, 1.54) is 0 Å². The highest BCUT2D eigenvalue weighted by Crippen LogP contribution is 1.94.